The van der Waals surface area contributed by atoms with E-state index in [-0.39, 0.29) is 11.8 Å². The number of nitrogens with one attached hydrogen (secondary N) is 1. The molecule has 1 saturated carbocycles. The fourth-order valence-corrected chi connectivity index (χ4v) is 5.32. The Morgan fingerprint density at radius 3 is 2.74 bits per heavy atom. The number of piperazine rings is 1. The molecular formula is C20H27ClN4OS. The van der Waals surface area contributed by atoms with Crippen LogP contribution in [0.4, 0.5) is 5.13 Å². The number of hydrogen-bond acceptors (Lipinski definition) is 5. The average molecular weight is 407 g/mol. The van der Waals surface area contributed by atoms with Gasteiger partial charge in [0, 0.05) is 50.2 Å². The number of nitrogens with zero attached hydrogens (tertiary/aromatic N) is 3. The summed E-state index contributed by atoms with van der Waals surface area (Å²) in [5.41, 5.74) is 1.02. The fourth-order valence-electron chi connectivity index (χ4n) is 4.03. The van der Waals surface area contributed by atoms with Gasteiger partial charge in [-0.25, -0.2) is 4.98 Å². The Bertz CT molecular complexity index is 781. The van der Waals surface area contributed by atoms with Gasteiger partial charge >= 0.3 is 0 Å². The van der Waals surface area contributed by atoms with E-state index >= 15 is 0 Å². The van der Waals surface area contributed by atoms with Crippen LogP contribution in [0.3, 0.4) is 0 Å². The maximum Gasteiger partial charge on any atom is 0.223 e. The van der Waals surface area contributed by atoms with Gasteiger partial charge in [0.05, 0.1) is 10.2 Å². The number of benzene rings is 1. The molecule has 1 amide bonds. The Morgan fingerprint density at radius 1 is 1.19 bits per heavy atom. The van der Waals surface area contributed by atoms with Gasteiger partial charge in [-0.3, -0.25) is 9.69 Å². The normalized spacial score (nSPS) is 19.5. The zero-order valence-electron chi connectivity index (χ0n) is 15.6. The molecule has 1 aliphatic heterocycles. The number of carbonyl (C=O) groups excluding carboxylic acids is 1. The van der Waals surface area contributed by atoms with Crippen molar-refractivity contribution in [2.45, 2.75) is 32.1 Å². The topological polar surface area (TPSA) is 48.5 Å². The molecule has 7 heteroatoms. The molecule has 1 aromatic carbocycles. The molecule has 1 N–H and O–H groups in total. The fraction of sp³-hybridized carbons (Fsp3) is 0.600. The highest BCUT2D eigenvalue weighted by Crippen LogP contribution is 2.31. The van der Waals surface area contributed by atoms with Crippen LogP contribution in [-0.4, -0.2) is 55.1 Å². The number of hydrogen-bond donors (Lipinski definition) is 1. The van der Waals surface area contributed by atoms with Crippen molar-refractivity contribution < 1.29 is 4.79 Å². The van der Waals surface area contributed by atoms with Gasteiger partial charge in [-0.05, 0) is 31.0 Å². The Hall–Kier alpha value is -1.37. The van der Waals surface area contributed by atoms with Crippen LogP contribution < -0.4 is 10.2 Å². The van der Waals surface area contributed by atoms with Crippen LogP contribution in [0.2, 0.25) is 5.02 Å². The molecule has 0 unspecified atom stereocenters. The van der Waals surface area contributed by atoms with Crippen LogP contribution in [0, 0.1) is 5.92 Å². The van der Waals surface area contributed by atoms with E-state index < -0.39 is 0 Å². The molecule has 5 nitrogen and oxygen atoms in total. The Morgan fingerprint density at radius 2 is 1.96 bits per heavy atom. The van der Waals surface area contributed by atoms with Crippen molar-refractivity contribution in [2.75, 3.05) is 44.2 Å². The van der Waals surface area contributed by atoms with E-state index in [1.165, 1.54) is 19.3 Å². The third kappa shape index (κ3) is 4.73. The van der Waals surface area contributed by atoms with Gasteiger partial charge in [0.15, 0.2) is 5.13 Å². The Labute approximate surface area is 169 Å². The van der Waals surface area contributed by atoms with Crippen molar-refractivity contribution in [3.05, 3.63) is 23.2 Å². The SMILES string of the molecule is O=C(NCCN1CCN(c2nc3ccc(Cl)cc3s2)CC1)C1CCCCC1. The van der Waals surface area contributed by atoms with E-state index in [0.29, 0.717) is 0 Å². The van der Waals surface area contributed by atoms with Crippen LogP contribution in [0.15, 0.2) is 18.2 Å². The molecule has 1 aromatic heterocycles. The number of anilines is 1. The van der Waals surface area contributed by atoms with Crippen LogP contribution in [0.25, 0.3) is 10.2 Å². The third-order valence-electron chi connectivity index (χ3n) is 5.69. The zero-order chi connectivity index (χ0) is 18.6. The molecule has 2 fully saturated rings. The van der Waals surface area contributed by atoms with E-state index in [1.807, 2.05) is 18.2 Å². The first-order valence-corrected chi connectivity index (χ1v) is 11.2. The van der Waals surface area contributed by atoms with Gasteiger partial charge in [-0.15, -0.1) is 0 Å². The largest absolute Gasteiger partial charge is 0.355 e. The standard InChI is InChI=1S/C20H27ClN4OS/c21-16-6-7-17-18(14-16)27-20(23-17)25-12-10-24(11-13-25)9-8-22-19(26)15-4-2-1-3-5-15/h6-7,14-15H,1-5,8-13H2,(H,22,26). The quantitative estimate of drug-likeness (QED) is 0.821. The van der Waals surface area contributed by atoms with Crippen LogP contribution in [-0.2, 0) is 4.79 Å². The maximum absolute atomic E-state index is 12.2. The Kier molecular flexibility index (Phi) is 6.15. The van der Waals surface area contributed by atoms with Gasteiger partial charge in [-0.2, -0.15) is 0 Å². The molecule has 0 spiro atoms. The van der Waals surface area contributed by atoms with Gasteiger partial charge in [0.25, 0.3) is 0 Å². The van der Waals surface area contributed by atoms with Crippen molar-refractivity contribution in [1.82, 2.24) is 15.2 Å². The number of carbonyl (C=O) groups is 1. The second kappa shape index (κ2) is 8.76. The summed E-state index contributed by atoms with van der Waals surface area (Å²) in [6, 6.07) is 5.87. The first-order chi connectivity index (χ1) is 13.2. The molecular weight excluding hydrogens is 380 g/mol. The first-order valence-electron chi connectivity index (χ1n) is 10.0. The van der Waals surface area contributed by atoms with Crippen molar-refractivity contribution in [1.29, 1.82) is 0 Å². The van der Waals surface area contributed by atoms with Crippen LogP contribution in [0.5, 0.6) is 0 Å². The second-order valence-corrected chi connectivity index (χ2v) is 9.01. The summed E-state index contributed by atoms with van der Waals surface area (Å²) in [6.45, 7) is 5.66. The van der Waals surface area contributed by atoms with Gasteiger partial charge in [0.2, 0.25) is 5.91 Å². The lowest BCUT2D eigenvalue weighted by atomic mass is 9.89. The lowest BCUT2D eigenvalue weighted by Crippen LogP contribution is -2.48. The summed E-state index contributed by atoms with van der Waals surface area (Å²) in [5.74, 6) is 0.518. The summed E-state index contributed by atoms with van der Waals surface area (Å²) < 4.78 is 1.14. The molecule has 27 heavy (non-hydrogen) atoms. The van der Waals surface area contributed by atoms with Crippen molar-refractivity contribution in [3.63, 3.8) is 0 Å². The predicted molar refractivity (Wildman–Crippen MR) is 113 cm³/mol. The minimum atomic E-state index is 0.253. The lowest BCUT2D eigenvalue weighted by molar-refractivity contribution is -0.125. The van der Waals surface area contributed by atoms with Crippen molar-refractivity contribution in [3.8, 4) is 0 Å². The van der Waals surface area contributed by atoms with E-state index in [2.05, 4.69) is 15.1 Å². The molecule has 4 rings (SSSR count). The minimum absolute atomic E-state index is 0.253. The van der Waals surface area contributed by atoms with E-state index in [0.717, 1.165) is 72.5 Å². The zero-order valence-corrected chi connectivity index (χ0v) is 17.2. The second-order valence-electron chi connectivity index (χ2n) is 7.56. The molecule has 0 bridgehead atoms. The summed E-state index contributed by atoms with van der Waals surface area (Å²) in [4.78, 5) is 21.8. The predicted octanol–water partition coefficient (Wildman–Crippen LogP) is 3.77. The number of halogens is 1. The third-order valence-corrected chi connectivity index (χ3v) is 7.00. The maximum atomic E-state index is 12.2. The number of amides is 1. The minimum Gasteiger partial charge on any atom is -0.355 e. The number of rotatable bonds is 5. The Balaban J connectivity index is 1.22. The van der Waals surface area contributed by atoms with Crippen molar-refractivity contribution in [2.24, 2.45) is 5.92 Å². The summed E-state index contributed by atoms with van der Waals surface area (Å²) in [7, 11) is 0. The number of thiazole rings is 1. The molecule has 0 radical (unpaired) electrons. The molecule has 1 saturated heterocycles. The summed E-state index contributed by atoms with van der Waals surface area (Å²) in [6.07, 6.45) is 5.83. The monoisotopic (exact) mass is 406 g/mol. The number of aromatic nitrogens is 1. The van der Waals surface area contributed by atoms with Gasteiger partial charge < -0.3 is 10.2 Å². The average Bonchev–Trinajstić information content (AvgIpc) is 3.12. The molecule has 1 aliphatic carbocycles. The highest BCUT2D eigenvalue weighted by atomic mass is 35.5. The molecule has 146 valence electrons. The highest BCUT2D eigenvalue weighted by Gasteiger charge is 2.22. The molecule has 2 heterocycles. The van der Waals surface area contributed by atoms with Crippen LogP contribution in [0.1, 0.15) is 32.1 Å². The van der Waals surface area contributed by atoms with Crippen LogP contribution >= 0.6 is 22.9 Å². The van der Waals surface area contributed by atoms with E-state index in [9.17, 15) is 4.79 Å². The van der Waals surface area contributed by atoms with Gasteiger partial charge in [-0.1, -0.05) is 42.2 Å². The highest BCUT2D eigenvalue weighted by molar-refractivity contribution is 7.22. The van der Waals surface area contributed by atoms with E-state index in [4.69, 9.17) is 16.6 Å². The lowest BCUT2D eigenvalue weighted by Gasteiger charge is -2.34. The summed E-state index contributed by atoms with van der Waals surface area (Å²) >= 11 is 7.79. The summed E-state index contributed by atoms with van der Waals surface area (Å²) in [5, 5.41) is 4.99. The van der Waals surface area contributed by atoms with Crippen molar-refractivity contribution >= 4 is 44.2 Å². The van der Waals surface area contributed by atoms with Gasteiger partial charge in [0.1, 0.15) is 0 Å². The van der Waals surface area contributed by atoms with E-state index in [1.54, 1.807) is 11.3 Å². The smallest absolute Gasteiger partial charge is 0.223 e. The first kappa shape index (κ1) is 19.0. The molecule has 0 atom stereocenters. The molecule has 2 aromatic rings. The molecule has 2 aliphatic rings. The number of fused-ring (bicyclic) bond motifs is 1.